The van der Waals surface area contributed by atoms with Crippen molar-refractivity contribution >= 4 is 0 Å². The van der Waals surface area contributed by atoms with Gasteiger partial charge in [0.25, 0.3) is 0 Å². The van der Waals surface area contributed by atoms with Gasteiger partial charge in [0.15, 0.2) is 0 Å². The topological polar surface area (TPSA) is 38.5 Å². The molecule has 0 spiro atoms. The summed E-state index contributed by atoms with van der Waals surface area (Å²) in [5.41, 5.74) is 7.49. The zero-order valence-electron chi connectivity index (χ0n) is 11.4. The lowest BCUT2D eigenvalue weighted by atomic mass is 9.90. The van der Waals surface area contributed by atoms with Crippen molar-refractivity contribution in [2.24, 2.45) is 11.7 Å². The van der Waals surface area contributed by atoms with Crippen LogP contribution in [0, 0.1) is 5.92 Å². The van der Waals surface area contributed by atoms with Crippen LogP contribution in [-0.2, 0) is 6.54 Å². The van der Waals surface area contributed by atoms with E-state index in [-0.39, 0.29) is 0 Å². The zero-order valence-corrected chi connectivity index (χ0v) is 11.4. The highest BCUT2D eigenvalue weighted by atomic mass is 16.5. The van der Waals surface area contributed by atoms with Crippen LogP contribution in [0.5, 0.6) is 5.75 Å². The van der Waals surface area contributed by atoms with Crippen LogP contribution >= 0.6 is 0 Å². The van der Waals surface area contributed by atoms with Crippen LogP contribution in [0.3, 0.4) is 0 Å². The van der Waals surface area contributed by atoms with Gasteiger partial charge >= 0.3 is 0 Å². The number of methoxy groups -OCH3 is 1. The van der Waals surface area contributed by atoms with E-state index < -0.39 is 0 Å². The quantitative estimate of drug-likeness (QED) is 0.888. The summed E-state index contributed by atoms with van der Waals surface area (Å²) in [7, 11) is 1.70. The first-order chi connectivity index (χ1) is 8.72. The fourth-order valence-electron chi connectivity index (χ4n) is 2.69. The summed E-state index contributed by atoms with van der Waals surface area (Å²) in [6, 6.07) is 8.75. The summed E-state index contributed by atoms with van der Waals surface area (Å²) in [5, 5.41) is 0. The van der Waals surface area contributed by atoms with Crippen molar-refractivity contribution in [3.63, 3.8) is 0 Å². The fourth-order valence-corrected chi connectivity index (χ4v) is 2.69. The van der Waals surface area contributed by atoms with Gasteiger partial charge in [0, 0.05) is 19.1 Å². The van der Waals surface area contributed by atoms with E-state index in [1.807, 2.05) is 12.1 Å². The minimum absolute atomic E-state index is 0.391. The minimum Gasteiger partial charge on any atom is -0.497 e. The van der Waals surface area contributed by atoms with Gasteiger partial charge in [0.1, 0.15) is 5.75 Å². The maximum atomic E-state index is 6.14. The molecule has 0 radical (unpaired) electrons. The molecule has 3 nitrogen and oxygen atoms in total. The summed E-state index contributed by atoms with van der Waals surface area (Å²) in [6.07, 6.45) is 2.30. The molecule has 18 heavy (non-hydrogen) atoms. The second-order valence-corrected chi connectivity index (χ2v) is 5.20. The van der Waals surface area contributed by atoms with Crippen LogP contribution in [0.2, 0.25) is 0 Å². The van der Waals surface area contributed by atoms with Crippen molar-refractivity contribution in [2.75, 3.05) is 20.2 Å². The molecule has 0 aromatic heterocycles. The second kappa shape index (κ2) is 6.21. The molecule has 0 aliphatic carbocycles. The summed E-state index contributed by atoms with van der Waals surface area (Å²) < 4.78 is 5.18. The first kappa shape index (κ1) is 13.4. The van der Waals surface area contributed by atoms with Crippen LogP contribution in [0.25, 0.3) is 0 Å². The Morgan fingerprint density at radius 1 is 1.33 bits per heavy atom. The van der Waals surface area contributed by atoms with Gasteiger partial charge in [0.2, 0.25) is 0 Å². The molecule has 1 heterocycles. The van der Waals surface area contributed by atoms with Crippen LogP contribution in [0.4, 0.5) is 0 Å². The van der Waals surface area contributed by atoms with Gasteiger partial charge in [-0.15, -0.1) is 0 Å². The van der Waals surface area contributed by atoms with Crippen molar-refractivity contribution in [1.82, 2.24) is 4.90 Å². The average Bonchev–Trinajstić information content (AvgIpc) is 2.42. The van der Waals surface area contributed by atoms with Crippen LogP contribution in [-0.4, -0.2) is 31.1 Å². The number of piperidine rings is 1. The molecule has 1 aliphatic heterocycles. The van der Waals surface area contributed by atoms with Crippen molar-refractivity contribution < 1.29 is 4.74 Å². The number of rotatable bonds is 4. The molecule has 1 fully saturated rings. The van der Waals surface area contributed by atoms with Gasteiger partial charge in [-0.05, 0) is 36.6 Å². The monoisotopic (exact) mass is 248 g/mol. The van der Waals surface area contributed by atoms with Crippen LogP contribution in [0.15, 0.2) is 24.3 Å². The van der Waals surface area contributed by atoms with Crippen molar-refractivity contribution in [2.45, 2.75) is 32.4 Å². The van der Waals surface area contributed by atoms with Crippen molar-refractivity contribution in [3.05, 3.63) is 29.8 Å². The molecule has 1 aromatic rings. The number of likely N-dealkylation sites (tertiary alicyclic amines) is 1. The molecular weight excluding hydrogens is 224 g/mol. The lowest BCUT2D eigenvalue weighted by Gasteiger charge is -2.36. The highest BCUT2D eigenvalue weighted by Crippen LogP contribution is 2.21. The predicted octanol–water partition coefficient (Wildman–Crippen LogP) is 2.25. The van der Waals surface area contributed by atoms with Crippen LogP contribution in [0.1, 0.15) is 25.3 Å². The molecule has 2 unspecified atom stereocenters. The molecule has 0 amide bonds. The average molecular weight is 248 g/mol. The van der Waals surface area contributed by atoms with E-state index >= 15 is 0 Å². The molecule has 1 aliphatic rings. The lowest BCUT2D eigenvalue weighted by molar-refractivity contribution is 0.145. The number of nitrogens with zero attached hydrogens (tertiary/aromatic N) is 1. The molecule has 2 atom stereocenters. The Morgan fingerprint density at radius 2 is 2.06 bits per heavy atom. The number of ether oxygens (including phenoxy) is 1. The molecule has 2 rings (SSSR count). The van der Waals surface area contributed by atoms with E-state index in [0.717, 1.165) is 31.8 Å². The van der Waals surface area contributed by atoms with E-state index in [0.29, 0.717) is 12.0 Å². The Kier molecular flexibility index (Phi) is 4.61. The molecule has 1 aromatic carbocycles. The fraction of sp³-hybridized carbons (Fsp3) is 0.600. The molecule has 0 saturated carbocycles. The van der Waals surface area contributed by atoms with E-state index in [2.05, 4.69) is 24.0 Å². The Labute approximate surface area is 110 Å². The summed E-state index contributed by atoms with van der Waals surface area (Å²) in [6.45, 7) is 5.50. The first-order valence-electron chi connectivity index (χ1n) is 6.83. The van der Waals surface area contributed by atoms with Gasteiger partial charge in [-0.1, -0.05) is 25.5 Å². The third-order valence-corrected chi connectivity index (χ3v) is 3.97. The van der Waals surface area contributed by atoms with Crippen molar-refractivity contribution in [1.29, 1.82) is 0 Å². The highest BCUT2D eigenvalue weighted by molar-refractivity contribution is 5.27. The third kappa shape index (κ3) is 3.24. The molecule has 1 saturated heterocycles. The highest BCUT2D eigenvalue weighted by Gasteiger charge is 2.24. The normalized spacial score (nSPS) is 25.1. The smallest absolute Gasteiger partial charge is 0.118 e. The standard InChI is InChI=1S/C15H24N2O/c1-3-13-11-17(9-8-15(13)16)10-12-4-6-14(18-2)7-5-12/h4-7,13,15H,3,8-11,16H2,1-2H3. The van der Waals surface area contributed by atoms with Crippen molar-refractivity contribution in [3.8, 4) is 5.75 Å². The number of hydrogen-bond acceptors (Lipinski definition) is 3. The SMILES string of the molecule is CCC1CN(Cc2ccc(OC)cc2)CCC1N. The lowest BCUT2D eigenvalue weighted by Crippen LogP contribution is -2.46. The number of hydrogen-bond donors (Lipinski definition) is 1. The molecular formula is C15H24N2O. The molecule has 3 heteroatoms. The first-order valence-corrected chi connectivity index (χ1v) is 6.83. The number of nitrogens with two attached hydrogens (primary N) is 1. The molecule has 2 N–H and O–H groups in total. The van der Waals surface area contributed by atoms with Gasteiger partial charge in [-0.25, -0.2) is 0 Å². The van der Waals surface area contributed by atoms with E-state index in [1.165, 1.54) is 12.0 Å². The third-order valence-electron chi connectivity index (χ3n) is 3.97. The van der Waals surface area contributed by atoms with Gasteiger partial charge in [-0.2, -0.15) is 0 Å². The van der Waals surface area contributed by atoms with E-state index in [9.17, 15) is 0 Å². The predicted molar refractivity (Wildman–Crippen MR) is 74.6 cm³/mol. The largest absolute Gasteiger partial charge is 0.497 e. The minimum atomic E-state index is 0.391. The van der Waals surface area contributed by atoms with Gasteiger partial charge in [0.05, 0.1) is 7.11 Å². The Hall–Kier alpha value is -1.06. The zero-order chi connectivity index (χ0) is 13.0. The molecule has 100 valence electrons. The summed E-state index contributed by atoms with van der Waals surface area (Å²) >= 11 is 0. The van der Waals surface area contributed by atoms with E-state index in [1.54, 1.807) is 7.11 Å². The Bertz CT molecular complexity index is 363. The number of benzene rings is 1. The maximum Gasteiger partial charge on any atom is 0.118 e. The second-order valence-electron chi connectivity index (χ2n) is 5.20. The Balaban J connectivity index is 1.92. The summed E-state index contributed by atoms with van der Waals surface area (Å²) in [5.74, 6) is 1.57. The summed E-state index contributed by atoms with van der Waals surface area (Å²) in [4.78, 5) is 2.51. The molecule has 0 bridgehead atoms. The van der Waals surface area contributed by atoms with Gasteiger partial charge < -0.3 is 10.5 Å². The van der Waals surface area contributed by atoms with Crippen LogP contribution < -0.4 is 10.5 Å². The maximum absolute atomic E-state index is 6.14. The van der Waals surface area contributed by atoms with Gasteiger partial charge in [-0.3, -0.25) is 4.90 Å². The van der Waals surface area contributed by atoms with E-state index in [4.69, 9.17) is 10.5 Å². The Morgan fingerprint density at radius 3 is 2.67 bits per heavy atom.